The third-order valence-electron chi connectivity index (χ3n) is 3.50. The van der Waals surface area contributed by atoms with Crippen molar-refractivity contribution in [2.24, 2.45) is 7.05 Å². The van der Waals surface area contributed by atoms with Gasteiger partial charge in [0.1, 0.15) is 5.75 Å². The summed E-state index contributed by atoms with van der Waals surface area (Å²) in [6.45, 7) is -2.95. The lowest BCUT2D eigenvalue weighted by atomic mass is 10.2. The number of nitrogens with zero attached hydrogens (tertiary/aromatic N) is 3. The average molecular weight is 424 g/mol. The van der Waals surface area contributed by atoms with E-state index in [1.54, 1.807) is 11.6 Å². The molecular formula is C17H14F2N4O3S2. The highest BCUT2D eigenvalue weighted by Crippen LogP contribution is 2.25. The first-order valence-corrected chi connectivity index (χ1v) is 9.75. The summed E-state index contributed by atoms with van der Waals surface area (Å²) in [5.74, 6) is -0.554. The van der Waals surface area contributed by atoms with Crippen LogP contribution in [0.2, 0.25) is 0 Å². The summed E-state index contributed by atoms with van der Waals surface area (Å²) in [6.07, 6.45) is 0. The number of thioether (sulfide) groups is 1. The molecule has 0 bridgehead atoms. The zero-order chi connectivity index (χ0) is 20.1. The van der Waals surface area contributed by atoms with Crippen LogP contribution in [0, 0.1) is 0 Å². The van der Waals surface area contributed by atoms with Crippen LogP contribution in [-0.4, -0.2) is 38.9 Å². The number of carbonyl (C=O) groups is 2. The summed E-state index contributed by atoms with van der Waals surface area (Å²) in [6, 6.07) is 8.88. The lowest BCUT2D eigenvalue weighted by Gasteiger charge is -2.06. The molecule has 0 radical (unpaired) electrons. The van der Waals surface area contributed by atoms with Crippen LogP contribution in [0.1, 0.15) is 10.4 Å². The molecule has 0 aliphatic rings. The van der Waals surface area contributed by atoms with E-state index in [4.69, 9.17) is 0 Å². The van der Waals surface area contributed by atoms with Crippen molar-refractivity contribution in [3.63, 3.8) is 0 Å². The van der Waals surface area contributed by atoms with Gasteiger partial charge in [-0.25, -0.2) is 0 Å². The van der Waals surface area contributed by atoms with Crippen molar-refractivity contribution in [1.82, 2.24) is 20.1 Å². The fourth-order valence-corrected chi connectivity index (χ4v) is 3.67. The number of carbonyl (C=O) groups excluding carboxylic acids is 2. The van der Waals surface area contributed by atoms with Gasteiger partial charge in [-0.2, -0.15) is 8.78 Å². The van der Waals surface area contributed by atoms with Crippen LogP contribution >= 0.6 is 23.1 Å². The van der Waals surface area contributed by atoms with E-state index >= 15 is 0 Å². The Bertz CT molecular complexity index is 959. The summed E-state index contributed by atoms with van der Waals surface area (Å²) in [5.41, 5.74) is 0.151. The molecule has 2 aromatic heterocycles. The van der Waals surface area contributed by atoms with E-state index in [0.717, 1.165) is 16.6 Å². The van der Waals surface area contributed by atoms with Gasteiger partial charge in [-0.3, -0.25) is 14.9 Å². The van der Waals surface area contributed by atoms with Gasteiger partial charge in [-0.05, 0) is 35.7 Å². The minimum absolute atomic E-state index is 0.0330. The van der Waals surface area contributed by atoms with Gasteiger partial charge in [0.05, 0.1) is 10.6 Å². The maximum atomic E-state index is 12.1. The third-order valence-corrected chi connectivity index (χ3v) is 5.39. The number of hydrogen-bond acceptors (Lipinski definition) is 7. The van der Waals surface area contributed by atoms with Crippen LogP contribution in [0.3, 0.4) is 0 Å². The second-order valence-electron chi connectivity index (χ2n) is 5.41. The lowest BCUT2D eigenvalue weighted by Crippen LogP contribution is -2.31. The first kappa shape index (κ1) is 20.0. The van der Waals surface area contributed by atoms with Gasteiger partial charge < -0.3 is 9.30 Å². The second-order valence-corrected chi connectivity index (χ2v) is 7.30. The minimum Gasteiger partial charge on any atom is -0.435 e. The van der Waals surface area contributed by atoms with Crippen LogP contribution in [0.4, 0.5) is 8.78 Å². The number of alkyl halides is 2. The van der Waals surface area contributed by atoms with Gasteiger partial charge in [-0.1, -0.05) is 17.8 Å². The number of imide groups is 1. The molecular weight excluding hydrogens is 410 g/mol. The largest absolute Gasteiger partial charge is 0.435 e. The zero-order valence-electron chi connectivity index (χ0n) is 14.5. The van der Waals surface area contributed by atoms with Gasteiger partial charge in [0.25, 0.3) is 5.91 Å². The summed E-state index contributed by atoms with van der Waals surface area (Å²) in [7, 11) is 1.80. The van der Waals surface area contributed by atoms with Crippen LogP contribution in [0.15, 0.2) is 46.9 Å². The third kappa shape index (κ3) is 4.93. The molecule has 146 valence electrons. The van der Waals surface area contributed by atoms with E-state index in [1.807, 2.05) is 17.5 Å². The second kappa shape index (κ2) is 8.93. The Morgan fingerprint density at radius 3 is 2.64 bits per heavy atom. The molecule has 3 rings (SSSR count). The molecule has 11 heteroatoms. The first-order chi connectivity index (χ1) is 13.4. The Hall–Kier alpha value is -2.79. The molecule has 1 N–H and O–H groups in total. The van der Waals surface area contributed by atoms with E-state index in [2.05, 4.69) is 20.3 Å². The Balaban J connectivity index is 1.54. The van der Waals surface area contributed by atoms with Crippen molar-refractivity contribution in [3.8, 4) is 16.5 Å². The van der Waals surface area contributed by atoms with Crippen LogP contribution < -0.4 is 10.1 Å². The Morgan fingerprint density at radius 1 is 1.25 bits per heavy atom. The summed E-state index contributed by atoms with van der Waals surface area (Å²) in [4.78, 5) is 25.1. The molecule has 0 fully saturated rings. The molecule has 0 aliphatic heterocycles. The number of hydrogen-bond donors (Lipinski definition) is 1. The number of benzene rings is 1. The van der Waals surface area contributed by atoms with Crippen molar-refractivity contribution in [2.75, 3.05) is 5.75 Å². The van der Waals surface area contributed by atoms with Crippen LogP contribution in [0.25, 0.3) is 10.7 Å². The molecule has 3 aromatic rings. The number of aromatic nitrogens is 3. The SMILES string of the molecule is Cn1c(SCC(=O)NC(=O)c2ccc(OC(F)F)cc2)nnc1-c1cccs1. The van der Waals surface area contributed by atoms with Gasteiger partial charge in [0, 0.05) is 12.6 Å². The molecule has 7 nitrogen and oxygen atoms in total. The monoisotopic (exact) mass is 424 g/mol. The maximum Gasteiger partial charge on any atom is 0.387 e. The number of halogens is 2. The van der Waals surface area contributed by atoms with E-state index in [1.165, 1.54) is 35.6 Å². The fourth-order valence-electron chi connectivity index (χ4n) is 2.21. The predicted molar refractivity (Wildman–Crippen MR) is 101 cm³/mol. The molecule has 28 heavy (non-hydrogen) atoms. The number of rotatable bonds is 7. The van der Waals surface area contributed by atoms with Crippen molar-refractivity contribution < 1.29 is 23.1 Å². The van der Waals surface area contributed by atoms with Crippen molar-refractivity contribution in [3.05, 3.63) is 47.3 Å². The van der Waals surface area contributed by atoms with E-state index in [-0.39, 0.29) is 17.1 Å². The summed E-state index contributed by atoms with van der Waals surface area (Å²) in [5, 5.41) is 12.9. The molecule has 0 saturated heterocycles. The van der Waals surface area contributed by atoms with E-state index in [9.17, 15) is 18.4 Å². The van der Waals surface area contributed by atoms with E-state index < -0.39 is 18.4 Å². The molecule has 0 saturated carbocycles. The van der Waals surface area contributed by atoms with Crippen LogP contribution in [-0.2, 0) is 11.8 Å². The Kier molecular flexibility index (Phi) is 6.37. The van der Waals surface area contributed by atoms with Gasteiger partial charge in [-0.15, -0.1) is 21.5 Å². The number of thiophene rings is 1. The van der Waals surface area contributed by atoms with Gasteiger partial charge in [0.15, 0.2) is 11.0 Å². The highest BCUT2D eigenvalue weighted by molar-refractivity contribution is 7.99. The normalized spacial score (nSPS) is 10.9. The van der Waals surface area contributed by atoms with Gasteiger partial charge >= 0.3 is 6.61 Å². The molecule has 0 aliphatic carbocycles. The zero-order valence-corrected chi connectivity index (χ0v) is 16.1. The molecule has 0 spiro atoms. The highest BCUT2D eigenvalue weighted by Gasteiger charge is 2.15. The van der Waals surface area contributed by atoms with Crippen molar-refractivity contribution in [1.29, 1.82) is 0 Å². The molecule has 2 amide bonds. The van der Waals surface area contributed by atoms with Crippen LogP contribution in [0.5, 0.6) is 5.75 Å². The summed E-state index contributed by atoms with van der Waals surface area (Å²) >= 11 is 2.68. The van der Waals surface area contributed by atoms with Crippen molar-refractivity contribution >= 4 is 34.9 Å². The summed E-state index contributed by atoms with van der Waals surface area (Å²) < 4.78 is 30.2. The first-order valence-electron chi connectivity index (χ1n) is 7.89. The average Bonchev–Trinajstić information content (AvgIpc) is 3.29. The quantitative estimate of drug-likeness (QED) is 0.587. The highest BCUT2D eigenvalue weighted by atomic mass is 32.2. The molecule has 1 aromatic carbocycles. The molecule has 0 unspecified atom stereocenters. The standard InChI is InChI=1S/C17H14F2N4O3S2/c1-23-14(12-3-2-8-27-12)21-22-17(23)28-9-13(24)20-15(25)10-4-6-11(7-5-10)26-16(18)19/h2-8,16H,9H2,1H3,(H,20,24,25). The number of amides is 2. The molecule has 0 atom stereocenters. The smallest absolute Gasteiger partial charge is 0.387 e. The minimum atomic E-state index is -2.95. The number of nitrogens with one attached hydrogen (secondary N) is 1. The number of ether oxygens (including phenoxy) is 1. The molecule has 2 heterocycles. The van der Waals surface area contributed by atoms with Crippen molar-refractivity contribution in [2.45, 2.75) is 11.8 Å². The lowest BCUT2D eigenvalue weighted by molar-refractivity contribution is -0.117. The fraction of sp³-hybridized carbons (Fsp3) is 0.176. The topological polar surface area (TPSA) is 86.1 Å². The Morgan fingerprint density at radius 2 is 2.00 bits per heavy atom. The van der Waals surface area contributed by atoms with Gasteiger partial charge in [0.2, 0.25) is 5.91 Å². The Labute approximate surface area is 166 Å². The van der Waals surface area contributed by atoms with E-state index in [0.29, 0.717) is 11.0 Å². The predicted octanol–water partition coefficient (Wildman–Crippen LogP) is 3.19. The maximum absolute atomic E-state index is 12.1.